The number of rotatable bonds is 9. The Morgan fingerprint density at radius 1 is 1.14 bits per heavy atom. The SMILES string of the molecule is CCNC(=O)C(C)N(Cc1cccc(Cl)c1)C(=O)CSCc1ccc(C)cc1. The topological polar surface area (TPSA) is 49.4 Å². The van der Waals surface area contributed by atoms with E-state index in [1.807, 2.05) is 25.1 Å². The van der Waals surface area contributed by atoms with Crippen molar-refractivity contribution in [2.24, 2.45) is 0 Å². The molecule has 0 fully saturated rings. The highest BCUT2D eigenvalue weighted by Gasteiger charge is 2.25. The van der Waals surface area contributed by atoms with Gasteiger partial charge >= 0.3 is 0 Å². The molecule has 0 saturated carbocycles. The summed E-state index contributed by atoms with van der Waals surface area (Å²) in [5.41, 5.74) is 3.30. The molecular weight excluding hydrogens is 392 g/mol. The molecule has 4 nitrogen and oxygen atoms in total. The Morgan fingerprint density at radius 3 is 2.50 bits per heavy atom. The molecule has 28 heavy (non-hydrogen) atoms. The van der Waals surface area contributed by atoms with E-state index in [0.717, 1.165) is 11.3 Å². The van der Waals surface area contributed by atoms with Crippen LogP contribution in [0.1, 0.15) is 30.5 Å². The summed E-state index contributed by atoms with van der Waals surface area (Å²) in [6.07, 6.45) is 0. The van der Waals surface area contributed by atoms with E-state index in [4.69, 9.17) is 11.6 Å². The van der Waals surface area contributed by atoms with Gasteiger partial charge in [0.1, 0.15) is 6.04 Å². The minimum atomic E-state index is -0.550. The minimum absolute atomic E-state index is 0.0594. The van der Waals surface area contributed by atoms with Crippen LogP contribution in [0.15, 0.2) is 48.5 Å². The van der Waals surface area contributed by atoms with Crippen molar-refractivity contribution in [3.63, 3.8) is 0 Å². The molecule has 1 unspecified atom stereocenters. The number of likely N-dealkylation sites (N-methyl/N-ethyl adjacent to an activating group) is 1. The zero-order valence-electron chi connectivity index (χ0n) is 16.6. The molecule has 0 aliphatic carbocycles. The molecule has 0 spiro atoms. The van der Waals surface area contributed by atoms with Crippen molar-refractivity contribution in [1.29, 1.82) is 0 Å². The summed E-state index contributed by atoms with van der Waals surface area (Å²) in [5.74, 6) is 0.863. The molecule has 0 aliphatic heterocycles. The predicted molar refractivity (Wildman–Crippen MR) is 117 cm³/mol. The van der Waals surface area contributed by atoms with Gasteiger partial charge in [-0.3, -0.25) is 9.59 Å². The zero-order chi connectivity index (χ0) is 20.5. The summed E-state index contributed by atoms with van der Waals surface area (Å²) < 4.78 is 0. The molecule has 0 radical (unpaired) electrons. The van der Waals surface area contributed by atoms with E-state index in [9.17, 15) is 9.59 Å². The van der Waals surface area contributed by atoms with Crippen LogP contribution in [0.5, 0.6) is 0 Å². The van der Waals surface area contributed by atoms with Gasteiger partial charge in [-0.05, 0) is 44.0 Å². The van der Waals surface area contributed by atoms with Crippen molar-refractivity contribution in [2.75, 3.05) is 12.3 Å². The molecule has 0 saturated heterocycles. The molecule has 0 bridgehead atoms. The second-order valence-electron chi connectivity index (χ2n) is 6.70. The number of benzene rings is 2. The lowest BCUT2D eigenvalue weighted by Gasteiger charge is -2.28. The summed E-state index contributed by atoms with van der Waals surface area (Å²) >= 11 is 7.63. The fourth-order valence-electron chi connectivity index (χ4n) is 2.76. The van der Waals surface area contributed by atoms with E-state index < -0.39 is 6.04 Å². The molecule has 0 heterocycles. The van der Waals surface area contributed by atoms with E-state index in [1.54, 1.807) is 29.7 Å². The molecule has 1 N–H and O–H groups in total. The van der Waals surface area contributed by atoms with Gasteiger partial charge in [-0.2, -0.15) is 0 Å². The molecule has 2 amide bonds. The van der Waals surface area contributed by atoms with E-state index in [1.165, 1.54) is 11.1 Å². The van der Waals surface area contributed by atoms with Crippen LogP contribution in [0.2, 0.25) is 5.02 Å². The van der Waals surface area contributed by atoms with Crippen molar-refractivity contribution >= 4 is 35.2 Å². The van der Waals surface area contributed by atoms with Gasteiger partial charge in [0.05, 0.1) is 5.75 Å². The highest BCUT2D eigenvalue weighted by atomic mass is 35.5. The molecule has 1 atom stereocenters. The Balaban J connectivity index is 2.04. The lowest BCUT2D eigenvalue weighted by molar-refractivity contribution is -0.138. The van der Waals surface area contributed by atoms with Gasteiger partial charge in [-0.15, -0.1) is 11.8 Å². The first-order valence-corrected chi connectivity index (χ1v) is 10.9. The first-order valence-electron chi connectivity index (χ1n) is 9.35. The number of halogens is 1. The van der Waals surface area contributed by atoms with E-state index in [-0.39, 0.29) is 11.8 Å². The molecule has 2 rings (SSSR count). The van der Waals surface area contributed by atoms with Gasteiger partial charge in [-0.1, -0.05) is 53.6 Å². The van der Waals surface area contributed by atoms with Crippen LogP contribution in [0.3, 0.4) is 0 Å². The number of hydrogen-bond donors (Lipinski definition) is 1. The molecule has 6 heteroatoms. The third-order valence-electron chi connectivity index (χ3n) is 4.38. The number of nitrogens with zero attached hydrogens (tertiary/aromatic N) is 1. The van der Waals surface area contributed by atoms with Crippen LogP contribution in [-0.4, -0.2) is 35.1 Å². The van der Waals surface area contributed by atoms with Crippen LogP contribution in [-0.2, 0) is 21.9 Å². The molecule has 150 valence electrons. The van der Waals surface area contributed by atoms with E-state index in [2.05, 4.69) is 36.5 Å². The zero-order valence-corrected chi connectivity index (χ0v) is 18.1. The van der Waals surface area contributed by atoms with Crippen molar-refractivity contribution in [1.82, 2.24) is 10.2 Å². The van der Waals surface area contributed by atoms with Gasteiger partial charge in [0.25, 0.3) is 0 Å². The van der Waals surface area contributed by atoms with Gasteiger partial charge in [0, 0.05) is 23.9 Å². The third kappa shape index (κ3) is 6.88. The van der Waals surface area contributed by atoms with Crippen LogP contribution >= 0.6 is 23.4 Å². The molecular formula is C22H27ClN2O2S. The lowest BCUT2D eigenvalue weighted by atomic mass is 10.1. The van der Waals surface area contributed by atoms with Crippen molar-refractivity contribution < 1.29 is 9.59 Å². The van der Waals surface area contributed by atoms with E-state index in [0.29, 0.717) is 23.9 Å². The van der Waals surface area contributed by atoms with Gasteiger partial charge in [-0.25, -0.2) is 0 Å². The summed E-state index contributed by atoms with van der Waals surface area (Å²) in [7, 11) is 0. The lowest BCUT2D eigenvalue weighted by Crippen LogP contribution is -2.48. The number of thioether (sulfide) groups is 1. The van der Waals surface area contributed by atoms with Crippen molar-refractivity contribution in [2.45, 2.75) is 39.1 Å². The second-order valence-corrected chi connectivity index (χ2v) is 8.12. The maximum Gasteiger partial charge on any atom is 0.242 e. The maximum absolute atomic E-state index is 12.9. The monoisotopic (exact) mass is 418 g/mol. The van der Waals surface area contributed by atoms with Crippen LogP contribution < -0.4 is 5.32 Å². The third-order valence-corrected chi connectivity index (χ3v) is 5.60. The first kappa shape index (κ1) is 22.3. The minimum Gasteiger partial charge on any atom is -0.355 e. The van der Waals surface area contributed by atoms with E-state index >= 15 is 0 Å². The summed E-state index contributed by atoms with van der Waals surface area (Å²) in [6, 6.07) is 15.1. The number of hydrogen-bond acceptors (Lipinski definition) is 3. The summed E-state index contributed by atoms with van der Waals surface area (Å²) in [6.45, 7) is 6.56. The molecule has 2 aromatic carbocycles. The Hall–Kier alpha value is -1.98. The van der Waals surface area contributed by atoms with Crippen LogP contribution in [0.25, 0.3) is 0 Å². The predicted octanol–water partition coefficient (Wildman–Crippen LogP) is 4.44. The number of aryl methyl sites for hydroxylation is 1. The fourth-order valence-corrected chi connectivity index (χ4v) is 3.84. The van der Waals surface area contributed by atoms with Crippen molar-refractivity contribution in [3.8, 4) is 0 Å². The average Bonchev–Trinajstić information content (AvgIpc) is 2.67. The quantitative estimate of drug-likeness (QED) is 0.655. The number of carbonyl (C=O) groups excluding carboxylic acids is 2. The van der Waals surface area contributed by atoms with Crippen molar-refractivity contribution in [3.05, 3.63) is 70.2 Å². The Kier molecular flexibility index (Phi) is 8.87. The standard InChI is InChI=1S/C22H27ClN2O2S/c1-4-24-22(27)17(3)25(13-19-6-5-7-20(23)12-19)21(26)15-28-14-18-10-8-16(2)9-11-18/h5-12,17H,4,13-15H2,1-3H3,(H,24,27). The first-order chi connectivity index (χ1) is 13.4. The Morgan fingerprint density at radius 2 is 1.86 bits per heavy atom. The molecule has 2 aromatic rings. The highest BCUT2D eigenvalue weighted by Crippen LogP contribution is 2.18. The fraction of sp³-hybridized carbons (Fsp3) is 0.364. The number of carbonyl (C=O) groups is 2. The van der Waals surface area contributed by atoms with Crippen LogP contribution in [0, 0.1) is 6.92 Å². The van der Waals surface area contributed by atoms with Gasteiger partial charge < -0.3 is 10.2 Å². The normalized spacial score (nSPS) is 11.7. The summed E-state index contributed by atoms with van der Waals surface area (Å²) in [4.78, 5) is 26.9. The highest BCUT2D eigenvalue weighted by molar-refractivity contribution is 7.99. The Bertz CT molecular complexity index is 795. The molecule has 0 aromatic heterocycles. The average molecular weight is 419 g/mol. The Labute approximate surface area is 176 Å². The summed E-state index contributed by atoms with van der Waals surface area (Å²) in [5, 5.41) is 3.41. The second kappa shape index (κ2) is 11.1. The van der Waals surface area contributed by atoms with Gasteiger partial charge in [0.15, 0.2) is 0 Å². The number of nitrogens with one attached hydrogen (secondary N) is 1. The molecule has 0 aliphatic rings. The smallest absolute Gasteiger partial charge is 0.242 e. The largest absolute Gasteiger partial charge is 0.355 e. The van der Waals surface area contributed by atoms with Crippen LogP contribution in [0.4, 0.5) is 0 Å². The maximum atomic E-state index is 12.9. The number of amides is 2. The van der Waals surface area contributed by atoms with Gasteiger partial charge in [0.2, 0.25) is 11.8 Å².